The average molecular weight is 229 g/mol. The molecule has 1 aliphatic rings. The Hall–Kier alpha value is -1.11. The number of benzene rings is 1. The molecular weight excluding hydrogens is 218 g/mol. The van der Waals surface area contributed by atoms with Gasteiger partial charge in [-0.3, -0.25) is 0 Å². The van der Waals surface area contributed by atoms with Gasteiger partial charge in [0.05, 0.1) is 11.5 Å². The monoisotopic (exact) mass is 229 g/mol. The quantitative estimate of drug-likeness (QED) is 0.743. The Kier molecular flexibility index (Phi) is 2.64. The summed E-state index contributed by atoms with van der Waals surface area (Å²) in [7, 11) is -3.66. The van der Waals surface area contributed by atoms with Crippen molar-refractivity contribution >= 4 is 10.0 Å². The summed E-state index contributed by atoms with van der Waals surface area (Å²) in [4.78, 5) is 0.0525. The number of nitrogens with two attached hydrogens (primary N) is 1. The van der Waals surface area contributed by atoms with Gasteiger partial charge in [-0.1, -0.05) is 6.07 Å². The van der Waals surface area contributed by atoms with Crippen molar-refractivity contribution in [1.29, 1.82) is 0 Å². The van der Waals surface area contributed by atoms with Gasteiger partial charge in [-0.05, 0) is 12.1 Å². The second-order valence-corrected chi connectivity index (χ2v) is 4.85. The van der Waals surface area contributed by atoms with Crippen LogP contribution in [0.25, 0.3) is 0 Å². The van der Waals surface area contributed by atoms with Gasteiger partial charge in [-0.15, -0.1) is 0 Å². The zero-order valence-electron chi connectivity index (χ0n) is 7.92. The van der Waals surface area contributed by atoms with E-state index in [0.717, 1.165) is 0 Å². The second-order valence-electron chi connectivity index (χ2n) is 3.29. The van der Waals surface area contributed by atoms with Crippen LogP contribution in [0.5, 0.6) is 5.75 Å². The molecule has 2 N–H and O–H groups in total. The molecule has 1 saturated heterocycles. The maximum absolute atomic E-state index is 11.0. The van der Waals surface area contributed by atoms with Gasteiger partial charge in [0.15, 0.2) is 0 Å². The Labute approximate surface area is 87.8 Å². The van der Waals surface area contributed by atoms with E-state index in [9.17, 15) is 8.42 Å². The number of primary sulfonamides is 1. The molecule has 0 saturated carbocycles. The zero-order valence-corrected chi connectivity index (χ0v) is 8.74. The van der Waals surface area contributed by atoms with E-state index in [1.807, 2.05) is 0 Å². The van der Waals surface area contributed by atoms with Crippen molar-refractivity contribution in [3.8, 4) is 5.75 Å². The van der Waals surface area contributed by atoms with Gasteiger partial charge >= 0.3 is 0 Å². The van der Waals surface area contributed by atoms with Gasteiger partial charge < -0.3 is 9.47 Å². The summed E-state index contributed by atoms with van der Waals surface area (Å²) < 4.78 is 32.3. The lowest BCUT2D eigenvalue weighted by atomic mass is 10.3. The van der Waals surface area contributed by atoms with E-state index >= 15 is 0 Å². The molecule has 82 valence electrons. The second kappa shape index (κ2) is 3.80. The van der Waals surface area contributed by atoms with Crippen LogP contribution in [0.3, 0.4) is 0 Å². The predicted octanol–water partition coefficient (Wildman–Crippen LogP) is 0.112. The van der Waals surface area contributed by atoms with Crippen LogP contribution in [-0.4, -0.2) is 27.7 Å². The van der Waals surface area contributed by atoms with E-state index < -0.39 is 10.0 Å². The van der Waals surface area contributed by atoms with E-state index in [0.29, 0.717) is 19.0 Å². The van der Waals surface area contributed by atoms with Crippen LogP contribution in [0.1, 0.15) is 0 Å². The van der Waals surface area contributed by atoms with Crippen molar-refractivity contribution in [3.05, 3.63) is 24.3 Å². The van der Waals surface area contributed by atoms with Crippen molar-refractivity contribution < 1.29 is 17.9 Å². The number of ether oxygens (including phenoxy) is 2. The lowest BCUT2D eigenvalue weighted by Crippen LogP contribution is -2.12. The molecule has 0 aromatic heterocycles. The molecule has 0 amide bonds. The minimum atomic E-state index is -3.66. The molecule has 5 nitrogen and oxygen atoms in total. The van der Waals surface area contributed by atoms with E-state index in [2.05, 4.69) is 0 Å². The summed E-state index contributed by atoms with van der Waals surface area (Å²) in [6.45, 7) is 1.14. The topological polar surface area (TPSA) is 81.9 Å². The van der Waals surface area contributed by atoms with Crippen LogP contribution < -0.4 is 9.88 Å². The predicted molar refractivity (Wildman–Crippen MR) is 53.1 cm³/mol. The van der Waals surface area contributed by atoms with Crippen LogP contribution in [0, 0.1) is 0 Å². The van der Waals surface area contributed by atoms with E-state index in [-0.39, 0.29) is 11.0 Å². The zero-order chi connectivity index (χ0) is 10.9. The molecule has 0 bridgehead atoms. The number of epoxide rings is 1. The molecule has 1 atom stereocenters. The lowest BCUT2D eigenvalue weighted by molar-refractivity contribution is 0.262. The van der Waals surface area contributed by atoms with E-state index in [4.69, 9.17) is 14.6 Å². The van der Waals surface area contributed by atoms with Gasteiger partial charge in [0, 0.05) is 6.07 Å². The maximum Gasteiger partial charge on any atom is 0.238 e. The molecule has 1 aliphatic heterocycles. The molecule has 1 aromatic carbocycles. The van der Waals surface area contributed by atoms with Gasteiger partial charge in [0.25, 0.3) is 0 Å². The van der Waals surface area contributed by atoms with Crippen LogP contribution in [0.4, 0.5) is 0 Å². The summed E-state index contributed by atoms with van der Waals surface area (Å²) in [6.07, 6.45) is 0.142. The number of hydrogen-bond acceptors (Lipinski definition) is 4. The smallest absolute Gasteiger partial charge is 0.238 e. The van der Waals surface area contributed by atoms with Crippen LogP contribution >= 0.6 is 0 Å². The molecule has 1 aromatic rings. The Morgan fingerprint density at radius 3 is 2.87 bits per heavy atom. The minimum absolute atomic E-state index is 0.0525. The van der Waals surface area contributed by atoms with Crippen LogP contribution in [0.2, 0.25) is 0 Å². The van der Waals surface area contributed by atoms with Gasteiger partial charge in [0.2, 0.25) is 10.0 Å². The lowest BCUT2D eigenvalue weighted by Gasteiger charge is -2.05. The molecular formula is C9H11NO4S. The van der Waals surface area contributed by atoms with E-state index in [1.54, 1.807) is 12.1 Å². The van der Waals surface area contributed by atoms with Gasteiger partial charge in [0.1, 0.15) is 18.5 Å². The maximum atomic E-state index is 11.0. The molecule has 6 heteroatoms. The first-order valence-corrected chi connectivity index (χ1v) is 5.97. The Bertz CT molecular complexity index is 453. The third-order valence-electron chi connectivity index (χ3n) is 1.97. The fourth-order valence-electron chi connectivity index (χ4n) is 1.09. The Morgan fingerprint density at radius 2 is 2.27 bits per heavy atom. The molecule has 0 radical (unpaired) electrons. The third kappa shape index (κ3) is 2.92. The molecule has 2 rings (SSSR count). The highest BCUT2D eigenvalue weighted by atomic mass is 32.2. The Morgan fingerprint density at radius 1 is 1.53 bits per heavy atom. The average Bonchev–Trinajstić information content (AvgIpc) is 2.97. The molecule has 1 heterocycles. The van der Waals surface area contributed by atoms with E-state index in [1.165, 1.54) is 12.1 Å². The highest BCUT2D eigenvalue weighted by molar-refractivity contribution is 7.89. The summed E-state index contributed by atoms with van der Waals surface area (Å²) >= 11 is 0. The van der Waals surface area contributed by atoms with Gasteiger partial charge in [-0.25, -0.2) is 13.6 Å². The standard InChI is InChI=1S/C9H11NO4S/c10-15(11,12)9-3-1-2-7(4-9)13-5-8-6-14-8/h1-4,8H,5-6H2,(H2,10,11,12). The van der Waals surface area contributed by atoms with Crippen molar-refractivity contribution in [2.75, 3.05) is 13.2 Å². The van der Waals surface area contributed by atoms with Crippen molar-refractivity contribution in [2.45, 2.75) is 11.0 Å². The van der Waals surface area contributed by atoms with Crippen molar-refractivity contribution in [3.63, 3.8) is 0 Å². The molecule has 0 aliphatic carbocycles. The minimum Gasteiger partial charge on any atom is -0.491 e. The third-order valence-corrected chi connectivity index (χ3v) is 2.88. The summed E-state index contributed by atoms with van der Waals surface area (Å²) in [6, 6.07) is 6.09. The van der Waals surface area contributed by atoms with Crippen molar-refractivity contribution in [1.82, 2.24) is 0 Å². The SMILES string of the molecule is NS(=O)(=O)c1cccc(OCC2CO2)c1. The fraction of sp³-hybridized carbons (Fsp3) is 0.333. The summed E-state index contributed by atoms with van der Waals surface area (Å²) in [5.74, 6) is 0.483. The molecule has 15 heavy (non-hydrogen) atoms. The number of hydrogen-bond donors (Lipinski definition) is 1. The molecule has 1 unspecified atom stereocenters. The first-order chi connectivity index (χ1) is 7.05. The molecule has 0 spiro atoms. The fourth-order valence-corrected chi connectivity index (χ4v) is 1.64. The van der Waals surface area contributed by atoms with Crippen LogP contribution in [0.15, 0.2) is 29.2 Å². The van der Waals surface area contributed by atoms with Crippen LogP contribution in [-0.2, 0) is 14.8 Å². The summed E-state index contributed by atoms with van der Waals surface area (Å²) in [5.41, 5.74) is 0. The van der Waals surface area contributed by atoms with Crippen molar-refractivity contribution in [2.24, 2.45) is 5.14 Å². The first-order valence-electron chi connectivity index (χ1n) is 4.43. The highest BCUT2D eigenvalue weighted by Crippen LogP contribution is 2.18. The Balaban J connectivity index is 2.11. The highest BCUT2D eigenvalue weighted by Gasteiger charge is 2.23. The number of rotatable bonds is 4. The number of sulfonamides is 1. The summed E-state index contributed by atoms with van der Waals surface area (Å²) in [5, 5.41) is 4.99. The normalized spacial score (nSPS) is 19.9. The largest absolute Gasteiger partial charge is 0.491 e. The first kappa shape index (κ1) is 10.4. The molecule has 1 fully saturated rings. The van der Waals surface area contributed by atoms with Gasteiger partial charge in [-0.2, -0.15) is 0 Å².